The maximum atomic E-state index is 13.1. The number of hydrogen-bond acceptors (Lipinski definition) is 6. The molecule has 0 aliphatic carbocycles. The molecule has 0 spiro atoms. The molecule has 0 saturated carbocycles. The number of likely N-dealkylation sites (N-methyl/N-ethyl adjacent to an activating group) is 1. The van der Waals surface area contributed by atoms with Crippen molar-refractivity contribution in [3.8, 4) is 0 Å². The van der Waals surface area contributed by atoms with Gasteiger partial charge in [-0.05, 0) is 40.9 Å². The van der Waals surface area contributed by atoms with Gasteiger partial charge in [0.1, 0.15) is 11.6 Å². The number of imidazole rings is 1. The molecule has 0 bridgehead atoms. The van der Waals surface area contributed by atoms with Gasteiger partial charge in [0.25, 0.3) is 0 Å². The first-order chi connectivity index (χ1) is 21.5. The highest BCUT2D eigenvalue weighted by atomic mass is 16.5. The van der Waals surface area contributed by atoms with Crippen molar-refractivity contribution in [3.63, 3.8) is 0 Å². The summed E-state index contributed by atoms with van der Waals surface area (Å²) >= 11 is 0. The number of aromatic nitrogens is 3. The summed E-state index contributed by atoms with van der Waals surface area (Å²) in [5, 5.41) is 2.89. The summed E-state index contributed by atoms with van der Waals surface area (Å²) in [6.07, 6.45) is 7.40. The molecule has 2 aromatic heterocycles. The minimum absolute atomic E-state index is 0.139. The molecule has 8 nitrogen and oxygen atoms in total. The summed E-state index contributed by atoms with van der Waals surface area (Å²) in [6.45, 7) is 3.40. The van der Waals surface area contributed by atoms with Crippen molar-refractivity contribution in [1.29, 1.82) is 0 Å². The van der Waals surface area contributed by atoms with E-state index in [0.717, 1.165) is 22.3 Å². The van der Waals surface area contributed by atoms with Crippen LogP contribution in [0.4, 0.5) is 0 Å². The van der Waals surface area contributed by atoms with Crippen LogP contribution in [0.1, 0.15) is 34.9 Å². The first kappa shape index (κ1) is 30.4. The summed E-state index contributed by atoms with van der Waals surface area (Å²) in [6, 6.07) is 33.8. The van der Waals surface area contributed by atoms with Crippen molar-refractivity contribution in [2.75, 3.05) is 20.2 Å². The van der Waals surface area contributed by atoms with Gasteiger partial charge in [-0.15, -0.1) is 0 Å². The number of hydrogen-bond donors (Lipinski definition) is 1. The average Bonchev–Trinajstić information content (AvgIpc) is 3.54. The minimum atomic E-state index is -0.893. The Morgan fingerprint density at radius 2 is 1.41 bits per heavy atom. The van der Waals surface area contributed by atoms with Crippen molar-refractivity contribution in [2.24, 2.45) is 0 Å². The molecule has 0 saturated heterocycles. The number of rotatable bonds is 13. The third kappa shape index (κ3) is 6.76. The number of amides is 1. The van der Waals surface area contributed by atoms with E-state index >= 15 is 0 Å². The molecule has 3 aromatic carbocycles. The lowest BCUT2D eigenvalue weighted by molar-refractivity contribution is -0.145. The Balaban J connectivity index is 1.44. The van der Waals surface area contributed by atoms with Crippen LogP contribution < -0.4 is 5.32 Å². The third-order valence-electron chi connectivity index (χ3n) is 7.80. The second-order valence-electron chi connectivity index (χ2n) is 10.6. The third-order valence-corrected chi connectivity index (χ3v) is 7.80. The van der Waals surface area contributed by atoms with Crippen molar-refractivity contribution < 1.29 is 14.3 Å². The number of benzene rings is 3. The molecule has 2 heterocycles. The first-order valence-electron chi connectivity index (χ1n) is 14.7. The van der Waals surface area contributed by atoms with E-state index in [9.17, 15) is 9.59 Å². The topological polar surface area (TPSA) is 89.4 Å². The van der Waals surface area contributed by atoms with Gasteiger partial charge < -0.3 is 14.6 Å². The standard InChI is InChI=1S/C36H37N5O3/c1-3-40(24-28-19-21-37-22-20-28)26-34(42)39-33(35(43)44-2)23-32-25-41(27-38-32)36(29-13-7-4-8-14-29,30-15-9-5-10-16-30)31-17-11-6-12-18-31/h4-22,25,27,33H,3,23-24,26H2,1-2H3,(H,39,42). The molecule has 0 radical (unpaired) electrons. The smallest absolute Gasteiger partial charge is 0.328 e. The summed E-state index contributed by atoms with van der Waals surface area (Å²) < 4.78 is 7.17. The predicted molar refractivity (Wildman–Crippen MR) is 170 cm³/mol. The summed E-state index contributed by atoms with van der Waals surface area (Å²) in [4.78, 5) is 36.8. The molecule has 1 amide bonds. The molecule has 5 rings (SSSR count). The Bertz CT molecular complexity index is 1530. The van der Waals surface area contributed by atoms with Gasteiger partial charge in [-0.3, -0.25) is 14.7 Å². The zero-order valence-electron chi connectivity index (χ0n) is 25.0. The highest BCUT2D eigenvalue weighted by Gasteiger charge is 2.38. The molecule has 1 N–H and O–H groups in total. The fourth-order valence-corrected chi connectivity index (χ4v) is 5.65. The Morgan fingerprint density at radius 1 is 0.864 bits per heavy atom. The van der Waals surface area contributed by atoms with Gasteiger partial charge in [-0.1, -0.05) is 97.9 Å². The predicted octanol–water partition coefficient (Wildman–Crippen LogP) is 4.84. The number of methoxy groups -OCH3 is 1. The fourth-order valence-electron chi connectivity index (χ4n) is 5.65. The molecule has 0 aliphatic heterocycles. The molecular weight excluding hydrogens is 550 g/mol. The fraction of sp³-hybridized carbons (Fsp3) is 0.222. The van der Waals surface area contributed by atoms with Crippen LogP contribution >= 0.6 is 0 Å². The lowest BCUT2D eigenvalue weighted by atomic mass is 9.77. The van der Waals surface area contributed by atoms with Gasteiger partial charge in [0.05, 0.1) is 25.7 Å². The Kier molecular flexibility index (Phi) is 9.94. The Labute approximate surface area is 258 Å². The molecule has 0 aliphatic rings. The Hall–Kier alpha value is -5.08. The lowest BCUT2D eigenvalue weighted by Crippen LogP contribution is -2.47. The zero-order valence-corrected chi connectivity index (χ0v) is 25.0. The number of esters is 1. The normalized spacial score (nSPS) is 12.1. The first-order valence-corrected chi connectivity index (χ1v) is 14.7. The van der Waals surface area contributed by atoms with E-state index in [1.54, 1.807) is 18.7 Å². The van der Waals surface area contributed by atoms with E-state index in [-0.39, 0.29) is 18.9 Å². The molecule has 0 fully saturated rings. The van der Waals surface area contributed by atoms with E-state index < -0.39 is 17.6 Å². The summed E-state index contributed by atoms with van der Waals surface area (Å²) in [5.41, 5.74) is 4.17. The summed E-state index contributed by atoms with van der Waals surface area (Å²) in [5.74, 6) is -0.784. The monoisotopic (exact) mass is 587 g/mol. The van der Waals surface area contributed by atoms with Crippen LogP contribution in [0.15, 0.2) is 128 Å². The van der Waals surface area contributed by atoms with Crippen LogP contribution in [0.2, 0.25) is 0 Å². The number of nitrogens with zero attached hydrogens (tertiary/aromatic N) is 4. The van der Waals surface area contributed by atoms with Gasteiger partial charge in [0.2, 0.25) is 5.91 Å². The number of carbonyl (C=O) groups is 2. The average molecular weight is 588 g/mol. The van der Waals surface area contributed by atoms with E-state index in [1.165, 1.54) is 7.11 Å². The maximum Gasteiger partial charge on any atom is 0.328 e. The number of ether oxygens (including phenoxy) is 1. The van der Waals surface area contributed by atoms with Gasteiger partial charge in [-0.25, -0.2) is 9.78 Å². The van der Waals surface area contributed by atoms with E-state index in [2.05, 4.69) is 51.3 Å². The zero-order chi connectivity index (χ0) is 30.8. The van der Waals surface area contributed by atoms with Crippen molar-refractivity contribution >= 4 is 11.9 Å². The molecule has 1 unspecified atom stereocenters. The van der Waals surface area contributed by atoms with E-state index in [0.29, 0.717) is 18.8 Å². The van der Waals surface area contributed by atoms with Gasteiger partial charge in [0.15, 0.2) is 0 Å². The second-order valence-corrected chi connectivity index (χ2v) is 10.6. The van der Waals surface area contributed by atoms with Crippen molar-refractivity contribution in [2.45, 2.75) is 31.5 Å². The number of pyridine rings is 1. The van der Waals surface area contributed by atoms with Crippen LogP contribution in [-0.4, -0.2) is 57.6 Å². The van der Waals surface area contributed by atoms with E-state index in [4.69, 9.17) is 9.72 Å². The lowest BCUT2D eigenvalue weighted by Gasteiger charge is -2.37. The number of nitrogens with one attached hydrogen (secondary N) is 1. The number of carbonyl (C=O) groups excluding carboxylic acids is 2. The minimum Gasteiger partial charge on any atom is -0.467 e. The van der Waals surface area contributed by atoms with Crippen LogP contribution in [0.5, 0.6) is 0 Å². The van der Waals surface area contributed by atoms with Crippen molar-refractivity contribution in [1.82, 2.24) is 24.8 Å². The van der Waals surface area contributed by atoms with Gasteiger partial charge >= 0.3 is 5.97 Å². The van der Waals surface area contributed by atoms with Gasteiger partial charge in [-0.2, -0.15) is 0 Å². The molecule has 8 heteroatoms. The Morgan fingerprint density at radius 3 is 1.91 bits per heavy atom. The van der Waals surface area contributed by atoms with E-state index in [1.807, 2.05) is 84.8 Å². The maximum absolute atomic E-state index is 13.1. The van der Waals surface area contributed by atoms with Crippen molar-refractivity contribution in [3.05, 3.63) is 156 Å². The quantitative estimate of drug-likeness (QED) is 0.157. The highest BCUT2D eigenvalue weighted by Crippen LogP contribution is 2.40. The molecular formula is C36H37N5O3. The highest BCUT2D eigenvalue weighted by molar-refractivity contribution is 5.85. The molecule has 44 heavy (non-hydrogen) atoms. The molecule has 5 aromatic rings. The second kappa shape index (κ2) is 14.4. The van der Waals surface area contributed by atoms with Crippen LogP contribution in [-0.2, 0) is 32.8 Å². The summed E-state index contributed by atoms with van der Waals surface area (Å²) in [7, 11) is 1.33. The van der Waals surface area contributed by atoms with Crippen LogP contribution in [0.25, 0.3) is 0 Å². The van der Waals surface area contributed by atoms with Gasteiger partial charge in [0, 0.05) is 31.6 Å². The van der Waals surface area contributed by atoms with Crippen LogP contribution in [0.3, 0.4) is 0 Å². The molecule has 224 valence electrons. The SMILES string of the molecule is CCN(CC(=O)NC(Cc1cn(C(c2ccccc2)(c2ccccc2)c2ccccc2)cn1)C(=O)OC)Cc1ccncc1. The molecule has 1 atom stereocenters. The van der Waals surface area contributed by atoms with Crippen LogP contribution in [0, 0.1) is 0 Å². The largest absolute Gasteiger partial charge is 0.467 e.